The first kappa shape index (κ1) is 19.4. The van der Waals surface area contributed by atoms with E-state index in [1.807, 2.05) is 5.32 Å². The zero-order chi connectivity index (χ0) is 19.7. The summed E-state index contributed by atoms with van der Waals surface area (Å²) in [6.07, 6.45) is -4.61. The standard InChI is InChI=1S/C16H12F6N2O2/c17-14(18)16(21,22)15(19,20)9-3-6-12(25)11(7-9)24-13(26)8-1-4-10(23)5-2-8/h1-7,14,25H,23H2,(H,24,26). The fraction of sp³-hybridized carbons (Fsp3) is 0.188. The summed E-state index contributed by atoms with van der Waals surface area (Å²) in [7, 11) is 0. The molecule has 10 heteroatoms. The van der Waals surface area contributed by atoms with Gasteiger partial charge in [0.25, 0.3) is 5.91 Å². The van der Waals surface area contributed by atoms with E-state index in [0.717, 1.165) is 0 Å². The number of nitrogens with one attached hydrogen (secondary N) is 1. The monoisotopic (exact) mass is 378 g/mol. The summed E-state index contributed by atoms with van der Waals surface area (Å²) in [5.41, 5.74) is 3.70. The minimum absolute atomic E-state index is 0.0358. The molecule has 0 spiro atoms. The smallest absolute Gasteiger partial charge is 0.373 e. The number of alkyl halides is 6. The summed E-state index contributed by atoms with van der Waals surface area (Å²) in [4.78, 5) is 12.0. The number of phenolic OH excluding ortho intramolecular Hbond substituents is 1. The number of benzene rings is 2. The van der Waals surface area contributed by atoms with E-state index in [-0.39, 0.29) is 5.56 Å². The Bertz CT molecular complexity index is 809. The molecular weight excluding hydrogens is 366 g/mol. The molecule has 0 fully saturated rings. The fourth-order valence-electron chi connectivity index (χ4n) is 1.99. The predicted octanol–water partition coefficient (Wildman–Crippen LogP) is 4.22. The van der Waals surface area contributed by atoms with Crippen molar-refractivity contribution < 1.29 is 36.2 Å². The summed E-state index contributed by atoms with van der Waals surface area (Å²) in [6, 6.07) is 6.61. The summed E-state index contributed by atoms with van der Waals surface area (Å²) in [5, 5.41) is 11.7. The molecule has 2 aromatic carbocycles. The van der Waals surface area contributed by atoms with Gasteiger partial charge in [-0.15, -0.1) is 0 Å². The van der Waals surface area contributed by atoms with Gasteiger partial charge < -0.3 is 16.2 Å². The summed E-state index contributed by atoms with van der Waals surface area (Å²) in [5.74, 6) is -12.4. The Morgan fingerprint density at radius 1 is 1.04 bits per heavy atom. The average Bonchev–Trinajstić information content (AvgIpc) is 2.56. The van der Waals surface area contributed by atoms with Crippen LogP contribution in [-0.2, 0) is 5.92 Å². The van der Waals surface area contributed by atoms with Gasteiger partial charge in [-0.1, -0.05) is 0 Å². The molecule has 0 atom stereocenters. The van der Waals surface area contributed by atoms with Gasteiger partial charge in [0.1, 0.15) is 5.75 Å². The van der Waals surface area contributed by atoms with Gasteiger partial charge in [0, 0.05) is 16.8 Å². The van der Waals surface area contributed by atoms with E-state index in [0.29, 0.717) is 23.9 Å². The molecule has 140 valence electrons. The van der Waals surface area contributed by atoms with Gasteiger partial charge in [0.15, 0.2) is 0 Å². The normalized spacial score (nSPS) is 12.3. The molecule has 0 saturated carbocycles. The molecule has 26 heavy (non-hydrogen) atoms. The molecule has 0 radical (unpaired) electrons. The average molecular weight is 378 g/mol. The van der Waals surface area contributed by atoms with Gasteiger partial charge in [-0.25, -0.2) is 8.78 Å². The number of nitrogens with two attached hydrogens (primary N) is 1. The molecule has 0 unspecified atom stereocenters. The van der Waals surface area contributed by atoms with Crippen molar-refractivity contribution in [1.82, 2.24) is 0 Å². The van der Waals surface area contributed by atoms with Crippen LogP contribution in [0.1, 0.15) is 15.9 Å². The molecule has 0 aliphatic rings. The number of carbonyl (C=O) groups is 1. The number of halogens is 6. The molecule has 2 aromatic rings. The first-order valence-electron chi connectivity index (χ1n) is 7.01. The highest BCUT2D eigenvalue weighted by Crippen LogP contribution is 2.47. The second kappa shape index (κ2) is 6.77. The molecule has 4 N–H and O–H groups in total. The van der Waals surface area contributed by atoms with Crippen molar-refractivity contribution in [3.05, 3.63) is 53.6 Å². The van der Waals surface area contributed by atoms with Crippen LogP contribution in [0.2, 0.25) is 0 Å². The first-order valence-corrected chi connectivity index (χ1v) is 7.01. The maximum Gasteiger partial charge on any atom is 0.373 e. The molecule has 0 aromatic heterocycles. The Hall–Kier alpha value is -2.91. The van der Waals surface area contributed by atoms with Gasteiger partial charge in [-0.3, -0.25) is 4.79 Å². The Balaban J connectivity index is 2.35. The Morgan fingerprint density at radius 2 is 1.62 bits per heavy atom. The third-order valence-electron chi connectivity index (χ3n) is 3.47. The van der Waals surface area contributed by atoms with Crippen molar-refractivity contribution in [2.24, 2.45) is 0 Å². The van der Waals surface area contributed by atoms with Crippen LogP contribution in [-0.4, -0.2) is 23.4 Å². The lowest BCUT2D eigenvalue weighted by Crippen LogP contribution is -2.44. The number of hydrogen-bond acceptors (Lipinski definition) is 3. The molecular formula is C16H12F6N2O2. The van der Waals surface area contributed by atoms with Crippen LogP contribution in [0.25, 0.3) is 0 Å². The summed E-state index contributed by atoms with van der Waals surface area (Å²) in [6.45, 7) is 0. The van der Waals surface area contributed by atoms with E-state index < -0.39 is 41.2 Å². The largest absolute Gasteiger partial charge is 0.506 e. The van der Waals surface area contributed by atoms with Gasteiger partial charge in [-0.05, 0) is 42.5 Å². The van der Waals surface area contributed by atoms with Gasteiger partial charge in [0.2, 0.25) is 0 Å². The Kier molecular flexibility index (Phi) is 5.06. The molecule has 1 amide bonds. The number of hydrogen-bond donors (Lipinski definition) is 3. The number of anilines is 2. The maximum absolute atomic E-state index is 13.8. The molecule has 2 rings (SSSR count). The number of nitrogen functional groups attached to an aromatic ring is 1. The van der Waals surface area contributed by atoms with E-state index in [9.17, 15) is 36.2 Å². The molecule has 0 bridgehead atoms. The van der Waals surface area contributed by atoms with Crippen molar-refractivity contribution >= 4 is 17.3 Å². The zero-order valence-corrected chi connectivity index (χ0v) is 12.8. The quantitative estimate of drug-likeness (QED) is 0.414. The van der Waals surface area contributed by atoms with Crippen LogP contribution in [0.5, 0.6) is 5.75 Å². The predicted molar refractivity (Wildman–Crippen MR) is 81.8 cm³/mol. The van der Waals surface area contributed by atoms with E-state index in [2.05, 4.69) is 0 Å². The zero-order valence-electron chi connectivity index (χ0n) is 12.8. The second-order valence-electron chi connectivity index (χ2n) is 5.31. The number of aromatic hydroxyl groups is 1. The van der Waals surface area contributed by atoms with E-state index in [4.69, 9.17) is 5.73 Å². The highest BCUT2D eigenvalue weighted by atomic mass is 19.3. The van der Waals surface area contributed by atoms with Crippen molar-refractivity contribution in [2.75, 3.05) is 11.1 Å². The lowest BCUT2D eigenvalue weighted by Gasteiger charge is -2.26. The van der Waals surface area contributed by atoms with Crippen molar-refractivity contribution in [1.29, 1.82) is 0 Å². The summed E-state index contributed by atoms with van der Waals surface area (Å²) >= 11 is 0. The van der Waals surface area contributed by atoms with E-state index in [1.54, 1.807) is 0 Å². The lowest BCUT2D eigenvalue weighted by atomic mass is 10.0. The van der Waals surface area contributed by atoms with Crippen molar-refractivity contribution in [3.63, 3.8) is 0 Å². The minimum Gasteiger partial charge on any atom is -0.506 e. The molecule has 0 saturated heterocycles. The van der Waals surface area contributed by atoms with Gasteiger partial charge >= 0.3 is 18.3 Å². The topological polar surface area (TPSA) is 75.4 Å². The van der Waals surface area contributed by atoms with Crippen LogP contribution in [0.4, 0.5) is 37.7 Å². The lowest BCUT2D eigenvalue weighted by molar-refractivity contribution is -0.270. The molecule has 4 nitrogen and oxygen atoms in total. The number of carbonyl (C=O) groups excluding carboxylic acids is 1. The third-order valence-corrected chi connectivity index (χ3v) is 3.47. The minimum atomic E-state index is -5.64. The maximum atomic E-state index is 13.8. The number of amides is 1. The van der Waals surface area contributed by atoms with Gasteiger partial charge in [0.05, 0.1) is 5.69 Å². The van der Waals surface area contributed by atoms with Crippen LogP contribution in [0.3, 0.4) is 0 Å². The molecule has 0 aliphatic carbocycles. The van der Waals surface area contributed by atoms with Crippen molar-refractivity contribution in [3.8, 4) is 5.75 Å². The van der Waals surface area contributed by atoms with E-state index >= 15 is 0 Å². The van der Waals surface area contributed by atoms with Gasteiger partial charge in [-0.2, -0.15) is 17.6 Å². The van der Waals surface area contributed by atoms with Crippen LogP contribution < -0.4 is 11.1 Å². The van der Waals surface area contributed by atoms with Crippen LogP contribution in [0, 0.1) is 0 Å². The fourth-order valence-corrected chi connectivity index (χ4v) is 1.99. The highest BCUT2D eigenvalue weighted by molar-refractivity contribution is 6.05. The number of rotatable bonds is 5. The van der Waals surface area contributed by atoms with Crippen molar-refractivity contribution in [2.45, 2.75) is 18.3 Å². The van der Waals surface area contributed by atoms with E-state index in [1.165, 1.54) is 24.3 Å². The SMILES string of the molecule is Nc1ccc(C(=O)Nc2cc(C(F)(F)C(F)(F)C(F)F)ccc2O)cc1. The first-order chi connectivity index (χ1) is 12.0. The Morgan fingerprint density at radius 3 is 2.15 bits per heavy atom. The third kappa shape index (κ3) is 3.53. The molecule has 0 aliphatic heterocycles. The Labute approximate surface area is 143 Å². The van der Waals surface area contributed by atoms with Crippen LogP contribution >= 0.6 is 0 Å². The molecule has 0 heterocycles. The summed E-state index contributed by atoms with van der Waals surface area (Å²) < 4.78 is 78.4. The number of phenols is 1. The highest BCUT2D eigenvalue weighted by Gasteiger charge is 2.63. The second-order valence-corrected chi connectivity index (χ2v) is 5.31. The van der Waals surface area contributed by atoms with Crippen LogP contribution in [0.15, 0.2) is 42.5 Å².